The van der Waals surface area contributed by atoms with Gasteiger partial charge in [0.15, 0.2) is 0 Å². The van der Waals surface area contributed by atoms with Gasteiger partial charge < -0.3 is 10.8 Å². The summed E-state index contributed by atoms with van der Waals surface area (Å²) in [5.41, 5.74) is 7.76. The molecule has 0 aliphatic heterocycles. The second kappa shape index (κ2) is 13.4. The van der Waals surface area contributed by atoms with Crippen molar-refractivity contribution in [1.82, 2.24) is 5.48 Å². The fraction of sp³-hybridized carbons (Fsp3) is 0.222. The van der Waals surface area contributed by atoms with Crippen molar-refractivity contribution in [2.24, 2.45) is 5.73 Å². The van der Waals surface area contributed by atoms with E-state index < -0.39 is 32.4 Å². The van der Waals surface area contributed by atoms with E-state index in [1.54, 1.807) is 12.1 Å². The minimum Gasteiger partial charge on any atom is -0.508 e. The Morgan fingerprint density at radius 1 is 1.00 bits per heavy atom. The maximum absolute atomic E-state index is 10.8. The molecule has 25 heavy (non-hydrogen) atoms. The molecule has 5 N–H and O–H groups in total. The Balaban J connectivity index is -0.000000368. The number of carbonyl (C=O) groups excluding carboxylic acids is 1. The van der Waals surface area contributed by atoms with Crippen LogP contribution in [0.4, 0.5) is 0 Å². The van der Waals surface area contributed by atoms with Gasteiger partial charge in [-0.2, -0.15) is 0 Å². The van der Waals surface area contributed by atoms with Crippen LogP contribution in [-0.2, 0) is 28.0 Å². The first kappa shape index (κ1) is 29.0. The standard InChI is InChI=1S/C9H12N2O3.2ClHO4.Co/c10-8(9(13)11-14)5-6-1-3-7(12)4-2-6;2*2-1(3,4)5;/h1-4,8,12,14H,5,10H2,(H,11,13);2*(H,2,3,4,5);/q;;;+2/p-2/t8-;;;/m0.../s1. The Morgan fingerprint density at radius 3 is 1.60 bits per heavy atom. The third kappa shape index (κ3) is 28.3. The summed E-state index contributed by atoms with van der Waals surface area (Å²) in [6, 6.07) is 5.57. The molecule has 0 aliphatic rings. The summed E-state index contributed by atoms with van der Waals surface area (Å²) >= 11 is 0. The van der Waals surface area contributed by atoms with E-state index in [9.17, 15) is 4.79 Å². The largest absolute Gasteiger partial charge is 2.00 e. The number of hydrogen-bond acceptors (Lipinski definition) is 12. The summed E-state index contributed by atoms with van der Waals surface area (Å²) < 4.78 is 67.9. The molecule has 1 aromatic carbocycles. The molecule has 13 nitrogen and oxygen atoms in total. The number of carbonyl (C=O) groups is 1. The van der Waals surface area contributed by atoms with Crippen LogP contribution in [-0.4, -0.2) is 22.3 Å². The average Bonchev–Trinajstić information content (AvgIpc) is 2.36. The molecule has 0 bridgehead atoms. The molecule has 0 spiro atoms. The van der Waals surface area contributed by atoms with Crippen molar-refractivity contribution < 1.29 is 89.6 Å². The normalized spacial score (nSPS) is 11.6. The van der Waals surface area contributed by atoms with Crippen LogP contribution in [0.2, 0.25) is 0 Å². The molecule has 0 heterocycles. The van der Waals surface area contributed by atoms with Gasteiger partial charge in [0.1, 0.15) is 5.75 Å². The van der Waals surface area contributed by atoms with E-state index in [2.05, 4.69) is 0 Å². The van der Waals surface area contributed by atoms with Crippen LogP contribution in [0, 0.1) is 20.5 Å². The molecular weight excluding hydrogens is 442 g/mol. The maximum atomic E-state index is 10.8. The summed E-state index contributed by atoms with van der Waals surface area (Å²) in [4.78, 5) is 10.8. The second-order valence-electron chi connectivity index (χ2n) is 3.71. The van der Waals surface area contributed by atoms with Gasteiger partial charge >= 0.3 is 16.8 Å². The topological polar surface area (TPSA) is 280 Å². The Morgan fingerprint density at radius 2 is 1.32 bits per heavy atom. The summed E-state index contributed by atoms with van der Waals surface area (Å²) in [5.74, 6) is -0.466. The number of hydroxylamine groups is 1. The zero-order valence-electron chi connectivity index (χ0n) is 11.8. The van der Waals surface area contributed by atoms with Crippen LogP contribution in [0.25, 0.3) is 0 Å². The molecule has 16 heteroatoms. The van der Waals surface area contributed by atoms with E-state index in [-0.39, 0.29) is 22.5 Å². The van der Waals surface area contributed by atoms with Crippen molar-refractivity contribution >= 4 is 5.91 Å². The van der Waals surface area contributed by atoms with E-state index in [0.717, 1.165) is 5.56 Å². The molecular formula is C9H12Cl2CoN2O11. The fourth-order valence-corrected chi connectivity index (χ4v) is 1.06. The van der Waals surface area contributed by atoms with Crippen molar-refractivity contribution in [2.75, 3.05) is 0 Å². The summed E-state index contributed by atoms with van der Waals surface area (Å²) in [6.45, 7) is 0. The number of nitrogens with two attached hydrogens (primary N) is 1. The number of phenolic OH excluding ortho intramolecular Hbond substituents is 1. The van der Waals surface area contributed by atoms with Crippen molar-refractivity contribution in [3.05, 3.63) is 29.8 Å². The van der Waals surface area contributed by atoms with Gasteiger partial charge in [0.25, 0.3) is 5.91 Å². The number of benzene rings is 1. The molecule has 0 aromatic heterocycles. The van der Waals surface area contributed by atoms with Gasteiger partial charge in [0, 0.05) is 0 Å². The molecule has 1 radical (unpaired) electrons. The average molecular weight is 454 g/mol. The zero-order chi connectivity index (χ0) is 19.6. The van der Waals surface area contributed by atoms with Gasteiger partial charge in [-0.3, -0.25) is 10.0 Å². The molecule has 1 aromatic rings. The SMILES string of the molecule is N[C@@H](Cc1ccc(O)cc1)C(=O)NO.[Co+2].[O-][Cl+3]([O-])([O-])[O-].[O-][Cl+3]([O-])([O-])[O-]. The maximum Gasteiger partial charge on any atom is 2.00 e. The van der Waals surface area contributed by atoms with Crippen LogP contribution in [0.1, 0.15) is 5.56 Å². The van der Waals surface area contributed by atoms with Crippen LogP contribution >= 0.6 is 0 Å². The van der Waals surface area contributed by atoms with Crippen molar-refractivity contribution in [2.45, 2.75) is 12.5 Å². The molecule has 147 valence electrons. The number of aromatic hydroxyl groups is 1. The summed E-state index contributed by atoms with van der Waals surface area (Å²) in [7, 11) is -9.89. The molecule has 0 aliphatic carbocycles. The quantitative estimate of drug-likeness (QED) is 0.245. The summed E-state index contributed by atoms with van der Waals surface area (Å²) in [6.07, 6.45) is 0.312. The predicted octanol–water partition coefficient (Wildman–Crippen LogP) is -9.75. The Hall–Kier alpha value is -0.824. The summed E-state index contributed by atoms with van der Waals surface area (Å²) in [5, 5.41) is 17.3. The van der Waals surface area contributed by atoms with E-state index in [1.165, 1.54) is 17.6 Å². The van der Waals surface area contributed by atoms with Gasteiger partial charge in [-0.05, 0) is 24.1 Å². The first-order valence-corrected chi connectivity index (χ1v) is 7.81. The molecule has 1 atom stereocenters. The third-order valence-electron chi connectivity index (χ3n) is 1.84. The first-order valence-electron chi connectivity index (χ1n) is 5.34. The molecule has 1 amide bonds. The first-order chi connectivity index (χ1) is 10.6. The molecule has 0 unspecified atom stereocenters. The number of phenols is 1. The Labute approximate surface area is 155 Å². The van der Waals surface area contributed by atoms with Crippen molar-refractivity contribution in [3.8, 4) is 5.75 Å². The van der Waals surface area contributed by atoms with Gasteiger partial charge in [0.2, 0.25) is 0 Å². The van der Waals surface area contributed by atoms with E-state index in [0.29, 0.717) is 6.42 Å². The van der Waals surface area contributed by atoms with E-state index in [4.69, 9.17) is 53.3 Å². The smallest absolute Gasteiger partial charge is 0.508 e. The van der Waals surface area contributed by atoms with Gasteiger partial charge in [-0.25, -0.2) is 42.8 Å². The monoisotopic (exact) mass is 453 g/mol. The van der Waals surface area contributed by atoms with E-state index >= 15 is 0 Å². The number of halogens is 2. The minimum atomic E-state index is -4.94. The molecule has 0 saturated carbocycles. The van der Waals surface area contributed by atoms with Crippen molar-refractivity contribution in [3.63, 3.8) is 0 Å². The van der Waals surface area contributed by atoms with Gasteiger partial charge in [-0.1, -0.05) is 12.1 Å². The van der Waals surface area contributed by atoms with Crippen molar-refractivity contribution in [1.29, 1.82) is 0 Å². The number of hydrogen-bond donors (Lipinski definition) is 4. The Kier molecular flexibility index (Phi) is 15.5. The van der Waals surface area contributed by atoms with E-state index in [1.807, 2.05) is 0 Å². The number of rotatable bonds is 3. The third-order valence-corrected chi connectivity index (χ3v) is 1.84. The van der Waals surface area contributed by atoms with Crippen LogP contribution in [0.5, 0.6) is 5.75 Å². The fourth-order valence-electron chi connectivity index (χ4n) is 1.06. The van der Waals surface area contributed by atoms with Crippen LogP contribution < -0.4 is 48.5 Å². The second-order valence-corrected chi connectivity index (χ2v) is 5.22. The number of nitrogens with one attached hydrogen (secondary N) is 1. The van der Waals surface area contributed by atoms with Gasteiger partial charge in [0.05, 0.1) is 6.04 Å². The number of amides is 1. The van der Waals surface area contributed by atoms with Crippen LogP contribution in [0.3, 0.4) is 0 Å². The predicted molar refractivity (Wildman–Crippen MR) is 49.7 cm³/mol. The van der Waals surface area contributed by atoms with Crippen LogP contribution in [0.15, 0.2) is 24.3 Å². The van der Waals surface area contributed by atoms with Gasteiger partial charge in [-0.15, -0.1) is 20.5 Å². The molecule has 0 saturated heterocycles. The molecule has 1 rings (SSSR count). The zero-order valence-corrected chi connectivity index (χ0v) is 14.4. The molecule has 0 fully saturated rings. The minimum absolute atomic E-state index is 0. The Bertz CT molecular complexity index is 456.